The van der Waals surface area contributed by atoms with Crippen molar-refractivity contribution in [1.82, 2.24) is 30.0 Å². The minimum absolute atomic E-state index is 0. The number of thiazole rings is 1. The average Bonchev–Trinajstić information content (AvgIpc) is 3.18. The Bertz CT molecular complexity index is 1150. The maximum atomic E-state index is 12.7. The van der Waals surface area contributed by atoms with Crippen molar-refractivity contribution in [3.8, 4) is 11.9 Å². The third kappa shape index (κ3) is 4.64. The summed E-state index contributed by atoms with van der Waals surface area (Å²) in [4.78, 5) is 23.7. The Morgan fingerprint density at radius 2 is 2.09 bits per heavy atom. The van der Waals surface area contributed by atoms with E-state index >= 15 is 0 Å². The molecule has 1 saturated heterocycles. The Morgan fingerprint density at radius 3 is 2.70 bits per heavy atom. The molecule has 172 valence electrons. The minimum Gasteiger partial charge on any atom is -0.346 e. The average molecular weight is 484 g/mol. The molecule has 0 bridgehead atoms. The fraction of sp³-hybridized carbons (Fsp3) is 0.435. The van der Waals surface area contributed by atoms with Crippen LogP contribution in [-0.2, 0) is 0 Å². The highest BCUT2D eigenvalue weighted by Crippen LogP contribution is 2.40. The van der Waals surface area contributed by atoms with Gasteiger partial charge in [0.15, 0.2) is 5.82 Å². The third-order valence-corrected chi connectivity index (χ3v) is 6.87. The van der Waals surface area contributed by atoms with Crippen LogP contribution in [0.25, 0.3) is 5.82 Å². The molecular formula is C23H26ClN7OS. The largest absolute Gasteiger partial charge is 0.346 e. The third-order valence-electron chi connectivity index (χ3n) is 6.28. The molecule has 2 fully saturated rings. The molecule has 0 unspecified atom stereocenters. The van der Waals surface area contributed by atoms with E-state index < -0.39 is 0 Å². The molecule has 0 radical (unpaired) electrons. The van der Waals surface area contributed by atoms with Gasteiger partial charge in [-0.2, -0.15) is 10.4 Å². The molecular weight excluding hydrogens is 458 g/mol. The Labute approximate surface area is 203 Å². The summed E-state index contributed by atoms with van der Waals surface area (Å²) in [5.41, 5.74) is 4.51. The minimum atomic E-state index is -0.195. The van der Waals surface area contributed by atoms with Crippen LogP contribution in [0.4, 0.5) is 0 Å². The van der Waals surface area contributed by atoms with Crippen LogP contribution in [0.15, 0.2) is 35.4 Å². The number of hydrogen-bond acceptors (Lipinski definition) is 7. The molecule has 3 aromatic rings. The van der Waals surface area contributed by atoms with Crippen molar-refractivity contribution in [1.29, 1.82) is 5.26 Å². The summed E-state index contributed by atoms with van der Waals surface area (Å²) < 4.78 is 1.68. The van der Waals surface area contributed by atoms with Gasteiger partial charge in [0.2, 0.25) is 0 Å². The van der Waals surface area contributed by atoms with Gasteiger partial charge >= 0.3 is 0 Å². The van der Waals surface area contributed by atoms with E-state index in [0.29, 0.717) is 28.7 Å². The summed E-state index contributed by atoms with van der Waals surface area (Å²) in [7, 11) is 0. The van der Waals surface area contributed by atoms with Crippen molar-refractivity contribution in [3.63, 3.8) is 0 Å². The molecule has 1 saturated carbocycles. The van der Waals surface area contributed by atoms with Gasteiger partial charge in [-0.3, -0.25) is 9.69 Å². The zero-order valence-electron chi connectivity index (χ0n) is 18.5. The summed E-state index contributed by atoms with van der Waals surface area (Å²) >= 11 is 1.39. The zero-order chi connectivity index (χ0) is 22.2. The smallest absolute Gasteiger partial charge is 0.271 e. The molecule has 1 aliphatic carbocycles. The van der Waals surface area contributed by atoms with Crippen molar-refractivity contribution < 1.29 is 4.79 Å². The highest BCUT2D eigenvalue weighted by molar-refractivity contribution is 7.07. The summed E-state index contributed by atoms with van der Waals surface area (Å²) in [6, 6.07) is 6.25. The predicted molar refractivity (Wildman–Crippen MR) is 128 cm³/mol. The van der Waals surface area contributed by atoms with E-state index in [9.17, 15) is 10.1 Å². The van der Waals surface area contributed by atoms with E-state index in [2.05, 4.69) is 46.2 Å². The Morgan fingerprint density at radius 1 is 1.27 bits per heavy atom. The molecule has 0 spiro atoms. The maximum absolute atomic E-state index is 12.7. The number of aromatic nitrogens is 4. The van der Waals surface area contributed by atoms with Crippen molar-refractivity contribution in [3.05, 3.63) is 57.9 Å². The van der Waals surface area contributed by atoms with Gasteiger partial charge in [-0.1, -0.05) is 6.07 Å². The van der Waals surface area contributed by atoms with E-state index in [0.717, 1.165) is 13.0 Å². The number of pyridine rings is 1. The van der Waals surface area contributed by atoms with Gasteiger partial charge in [-0.15, -0.1) is 23.7 Å². The first-order valence-corrected chi connectivity index (χ1v) is 11.9. The van der Waals surface area contributed by atoms with E-state index in [1.54, 1.807) is 21.8 Å². The van der Waals surface area contributed by atoms with Gasteiger partial charge in [0, 0.05) is 24.2 Å². The molecule has 8 nitrogen and oxygen atoms in total. The number of nitrogens with zero attached hydrogens (tertiary/aromatic N) is 6. The van der Waals surface area contributed by atoms with Gasteiger partial charge in [0.25, 0.3) is 5.91 Å². The molecule has 5 rings (SSSR count). The molecule has 2 aliphatic rings. The monoisotopic (exact) mass is 483 g/mol. The van der Waals surface area contributed by atoms with Gasteiger partial charge < -0.3 is 5.32 Å². The fourth-order valence-electron chi connectivity index (χ4n) is 4.46. The van der Waals surface area contributed by atoms with Gasteiger partial charge in [-0.25, -0.2) is 14.6 Å². The second-order valence-electron chi connectivity index (χ2n) is 8.73. The zero-order valence-corrected chi connectivity index (χ0v) is 20.1. The number of rotatable bonds is 6. The molecule has 10 heteroatoms. The molecule has 0 aromatic carbocycles. The van der Waals surface area contributed by atoms with Crippen molar-refractivity contribution in [2.75, 3.05) is 6.54 Å². The molecule has 1 N–H and O–H groups in total. The van der Waals surface area contributed by atoms with Crippen LogP contribution in [0.1, 0.15) is 72.4 Å². The lowest BCUT2D eigenvalue weighted by Crippen LogP contribution is -2.42. The van der Waals surface area contributed by atoms with Crippen LogP contribution in [0.3, 0.4) is 0 Å². The van der Waals surface area contributed by atoms with Crippen LogP contribution in [0, 0.1) is 11.3 Å². The van der Waals surface area contributed by atoms with E-state index in [4.69, 9.17) is 5.10 Å². The number of amides is 1. The second kappa shape index (κ2) is 9.59. The standard InChI is InChI=1S/C23H25N7OS.ClH/c1-14(2)29-8-7-18(27-23(31)19-12-32-13-26-19)22(29)21-17(9-24)11-30(28-21)20-6-5-16(10-25-20)15-3-4-15;/h5-6,10-15,18,22H,3-4,7-8H2,1-2H3,(H,27,31);1H/t18-,22-;/m0./s1. The van der Waals surface area contributed by atoms with Crippen molar-refractivity contribution in [2.24, 2.45) is 0 Å². The van der Waals surface area contributed by atoms with E-state index in [-0.39, 0.29) is 36.4 Å². The van der Waals surface area contributed by atoms with Gasteiger partial charge in [0.05, 0.1) is 35.0 Å². The topological polar surface area (TPSA) is 99.7 Å². The lowest BCUT2D eigenvalue weighted by atomic mass is 10.0. The maximum Gasteiger partial charge on any atom is 0.271 e. The number of carbonyl (C=O) groups is 1. The molecule has 33 heavy (non-hydrogen) atoms. The summed E-state index contributed by atoms with van der Waals surface area (Å²) in [6.07, 6.45) is 6.89. The fourth-order valence-corrected chi connectivity index (χ4v) is 4.99. The van der Waals surface area contributed by atoms with Crippen LogP contribution in [-0.4, -0.2) is 49.2 Å². The highest BCUT2D eigenvalue weighted by atomic mass is 35.5. The number of nitrogens with one attached hydrogen (secondary N) is 1. The van der Waals surface area contributed by atoms with Gasteiger partial charge in [-0.05, 0) is 50.7 Å². The number of nitriles is 1. The van der Waals surface area contributed by atoms with Crippen molar-refractivity contribution in [2.45, 2.75) is 57.2 Å². The normalized spacial score (nSPS) is 20.4. The number of carbonyl (C=O) groups excluding carboxylic acids is 1. The summed E-state index contributed by atoms with van der Waals surface area (Å²) in [5, 5.41) is 19.5. The molecule has 4 heterocycles. The highest BCUT2D eigenvalue weighted by Gasteiger charge is 2.40. The molecule has 1 aliphatic heterocycles. The number of halogens is 1. The first-order chi connectivity index (χ1) is 15.5. The lowest BCUT2D eigenvalue weighted by molar-refractivity contribution is 0.0914. The number of likely N-dealkylation sites (tertiary alicyclic amines) is 1. The Hall–Kier alpha value is -2.80. The first-order valence-electron chi connectivity index (χ1n) is 11.0. The van der Waals surface area contributed by atoms with E-state index in [1.807, 2.05) is 12.3 Å². The van der Waals surface area contributed by atoms with Crippen LogP contribution in [0.5, 0.6) is 0 Å². The van der Waals surface area contributed by atoms with E-state index in [1.165, 1.54) is 29.7 Å². The number of hydrogen-bond donors (Lipinski definition) is 1. The lowest BCUT2D eigenvalue weighted by Gasteiger charge is -2.30. The molecule has 1 amide bonds. The van der Waals surface area contributed by atoms with Gasteiger partial charge in [0.1, 0.15) is 11.8 Å². The molecule has 3 aromatic heterocycles. The van der Waals surface area contributed by atoms with Crippen molar-refractivity contribution >= 4 is 29.7 Å². The molecule has 2 atom stereocenters. The summed E-state index contributed by atoms with van der Waals surface area (Å²) in [5.74, 6) is 1.14. The Balaban J connectivity index is 0.00000259. The summed E-state index contributed by atoms with van der Waals surface area (Å²) in [6.45, 7) is 5.06. The predicted octanol–water partition coefficient (Wildman–Crippen LogP) is 3.85. The van der Waals surface area contributed by atoms with Crippen LogP contribution < -0.4 is 5.32 Å². The second-order valence-corrected chi connectivity index (χ2v) is 9.45. The van der Waals surface area contributed by atoms with Crippen LogP contribution in [0.2, 0.25) is 0 Å². The quantitative estimate of drug-likeness (QED) is 0.571. The van der Waals surface area contributed by atoms with Crippen LogP contribution >= 0.6 is 23.7 Å². The first kappa shape index (κ1) is 23.4. The Kier molecular flexibility index (Phi) is 6.79. The SMILES string of the molecule is CC(C)N1CC[C@H](NC(=O)c2cscn2)[C@H]1c1nn(-c2ccc(C3CC3)cn2)cc1C#N.Cl.